The zero-order valence-corrected chi connectivity index (χ0v) is 20.6. The van der Waals surface area contributed by atoms with Crippen LogP contribution < -0.4 is 5.32 Å². The van der Waals surface area contributed by atoms with Gasteiger partial charge in [-0.25, -0.2) is 8.42 Å². The molecule has 9 heteroatoms. The monoisotopic (exact) mass is 512 g/mol. The van der Waals surface area contributed by atoms with Gasteiger partial charge in [-0.1, -0.05) is 48.0 Å². The van der Waals surface area contributed by atoms with Gasteiger partial charge in [0.1, 0.15) is 0 Å². The van der Waals surface area contributed by atoms with Crippen molar-refractivity contribution in [2.75, 3.05) is 16.8 Å². The number of carboxylic acids is 1. The summed E-state index contributed by atoms with van der Waals surface area (Å²) in [5.74, 6) is -2.23. The highest BCUT2D eigenvalue weighted by atomic mass is 35.5. The van der Waals surface area contributed by atoms with Crippen LogP contribution in [0.3, 0.4) is 0 Å². The number of amides is 1. The number of benzene rings is 2. The van der Waals surface area contributed by atoms with Crippen molar-refractivity contribution in [1.29, 1.82) is 0 Å². The Morgan fingerprint density at radius 2 is 1.83 bits per heavy atom. The molecule has 1 aliphatic rings. The molecule has 1 aromatic heterocycles. The molecule has 1 aliphatic heterocycles. The van der Waals surface area contributed by atoms with Crippen LogP contribution in [0.15, 0.2) is 60.9 Å². The van der Waals surface area contributed by atoms with Gasteiger partial charge in [-0.15, -0.1) is 0 Å². The molecular formula is C26H25ClN2O5S. The predicted molar refractivity (Wildman–Crippen MR) is 135 cm³/mol. The standard InChI is InChI=1S/C26H25ClN2O5S/c1-16-17(9-10-24(30)31)3-2-4-23(16)29-26(32)25(21-14-35(33,34)15-21)19-7-5-18(6-8-19)20-11-22(27)13-28-12-20/h2-8,11-13,21,25H,9-10,14-15H2,1H3,(H,29,32)(H,30,31). The number of pyridine rings is 1. The molecule has 7 nitrogen and oxygen atoms in total. The van der Waals surface area contributed by atoms with Crippen LogP contribution in [0.1, 0.15) is 29.0 Å². The lowest BCUT2D eigenvalue weighted by atomic mass is 9.86. The molecular weight excluding hydrogens is 488 g/mol. The van der Waals surface area contributed by atoms with Crippen molar-refractivity contribution >= 4 is 39.0 Å². The summed E-state index contributed by atoms with van der Waals surface area (Å²) in [6, 6.07) is 14.6. The van der Waals surface area contributed by atoms with Gasteiger partial charge in [0.05, 0.1) is 22.4 Å². The largest absolute Gasteiger partial charge is 0.481 e. The molecule has 3 aromatic rings. The fourth-order valence-corrected chi connectivity index (χ4v) is 6.19. The third-order valence-corrected chi connectivity index (χ3v) is 8.39. The molecule has 0 spiro atoms. The molecule has 0 aliphatic carbocycles. The number of nitrogens with zero attached hydrogens (tertiary/aromatic N) is 1. The van der Waals surface area contributed by atoms with Crippen molar-refractivity contribution in [2.24, 2.45) is 5.92 Å². The summed E-state index contributed by atoms with van der Waals surface area (Å²) in [6.45, 7) is 1.84. The molecule has 1 fully saturated rings. The number of halogens is 1. The van der Waals surface area contributed by atoms with Crippen molar-refractivity contribution in [3.05, 3.63) is 82.6 Å². The van der Waals surface area contributed by atoms with E-state index < -0.39 is 21.7 Å². The van der Waals surface area contributed by atoms with E-state index in [1.54, 1.807) is 30.6 Å². The maximum absolute atomic E-state index is 13.5. The van der Waals surface area contributed by atoms with Gasteiger partial charge in [0.25, 0.3) is 0 Å². The number of aromatic nitrogens is 1. The van der Waals surface area contributed by atoms with Gasteiger partial charge in [-0.2, -0.15) is 0 Å². The molecule has 1 unspecified atom stereocenters. The van der Waals surface area contributed by atoms with Crippen LogP contribution in [0.25, 0.3) is 11.1 Å². The Hall–Kier alpha value is -3.23. The molecule has 2 heterocycles. The van der Waals surface area contributed by atoms with E-state index in [1.165, 1.54) is 0 Å². The Kier molecular flexibility index (Phi) is 7.23. The molecule has 2 aromatic carbocycles. The molecule has 1 saturated heterocycles. The molecule has 1 amide bonds. The van der Waals surface area contributed by atoms with E-state index in [0.29, 0.717) is 17.1 Å². The van der Waals surface area contributed by atoms with Gasteiger partial charge in [-0.3, -0.25) is 14.6 Å². The maximum atomic E-state index is 13.5. The van der Waals surface area contributed by atoms with Gasteiger partial charge in [0.2, 0.25) is 5.91 Å². The molecule has 1 atom stereocenters. The topological polar surface area (TPSA) is 113 Å². The lowest BCUT2D eigenvalue weighted by Crippen LogP contribution is -2.44. The lowest BCUT2D eigenvalue weighted by molar-refractivity contribution is -0.137. The number of rotatable bonds is 8. The SMILES string of the molecule is Cc1c(CCC(=O)O)cccc1NC(=O)C(c1ccc(-c2cncc(Cl)c2)cc1)C1CS(=O)(=O)C1. The molecule has 35 heavy (non-hydrogen) atoms. The Morgan fingerprint density at radius 1 is 1.11 bits per heavy atom. The van der Waals surface area contributed by atoms with Crippen LogP contribution >= 0.6 is 11.6 Å². The Bertz CT molecular complexity index is 1360. The van der Waals surface area contributed by atoms with Crippen molar-refractivity contribution in [1.82, 2.24) is 4.98 Å². The number of nitrogens with one attached hydrogen (secondary N) is 1. The van der Waals surface area contributed by atoms with E-state index in [4.69, 9.17) is 16.7 Å². The van der Waals surface area contributed by atoms with Crippen LogP contribution in [0.5, 0.6) is 0 Å². The van der Waals surface area contributed by atoms with E-state index >= 15 is 0 Å². The number of carbonyl (C=O) groups is 2. The van der Waals surface area contributed by atoms with E-state index in [0.717, 1.165) is 27.8 Å². The number of aliphatic carboxylic acids is 1. The average Bonchev–Trinajstić information content (AvgIpc) is 2.79. The number of hydrogen-bond acceptors (Lipinski definition) is 5. The number of sulfone groups is 1. The Morgan fingerprint density at radius 3 is 2.46 bits per heavy atom. The summed E-state index contributed by atoms with van der Waals surface area (Å²) in [4.78, 5) is 28.5. The summed E-state index contributed by atoms with van der Waals surface area (Å²) in [5.41, 5.74) is 4.67. The first kappa shape index (κ1) is 24.9. The molecule has 0 saturated carbocycles. The van der Waals surface area contributed by atoms with Crippen LogP contribution in [0.4, 0.5) is 5.69 Å². The van der Waals surface area contributed by atoms with Crippen molar-refractivity contribution in [3.63, 3.8) is 0 Å². The van der Waals surface area contributed by atoms with E-state index in [1.807, 2.05) is 37.3 Å². The second-order valence-corrected chi connectivity index (χ2v) is 11.4. The number of aryl methyl sites for hydroxylation is 1. The summed E-state index contributed by atoms with van der Waals surface area (Å²) >= 11 is 6.05. The Labute approximate surface area is 209 Å². The zero-order chi connectivity index (χ0) is 25.2. The van der Waals surface area contributed by atoms with Crippen LogP contribution in [0, 0.1) is 12.8 Å². The van der Waals surface area contributed by atoms with Gasteiger partial charge in [-0.05, 0) is 47.7 Å². The molecule has 2 N–H and O–H groups in total. The first-order valence-electron chi connectivity index (χ1n) is 11.2. The van der Waals surface area contributed by atoms with E-state index in [2.05, 4.69) is 10.3 Å². The summed E-state index contributed by atoms with van der Waals surface area (Å²) in [7, 11) is -3.13. The first-order valence-corrected chi connectivity index (χ1v) is 13.4. The van der Waals surface area contributed by atoms with Gasteiger partial charge in [0.15, 0.2) is 9.84 Å². The molecule has 0 radical (unpaired) electrons. The van der Waals surface area contributed by atoms with Crippen molar-refractivity contribution < 1.29 is 23.1 Å². The van der Waals surface area contributed by atoms with Crippen LogP contribution in [-0.4, -0.2) is 41.9 Å². The minimum absolute atomic E-state index is 0.00467. The predicted octanol–water partition coefficient (Wildman–Crippen LogP) is 4.49. The van der Waals surface area contributed by atoms with Crippen molar-refractivity contribution in [3.8, 4) is 11.1 Å². The van der Waals surface area contributed by atoms with Crippen molar-refractivity contribution in [2.45, 2.75) is 25.7 Å². The number of anilines is 1. The average molecular weight is 513 g/mol. The second kappa shape index (κ2) is 10.2. The number of hydrogen-bond donors (Lipinski definition) is 2. The van der Waals surface area contributed by atoms with E-state index in [9.17, 15) is 18.0 Å². The van der Waals surface area contributed by atoms with E-state index in [-0.39, 0.29) is 29.8 Å². The third kappa shape index (κ3) is 5.89. The third-order valence-electron chi connectivity index (χ3n) is 6.31. The lowest BCUT2D eigenvalue weighted by Gasteiger charge is -2.33. The fraction of sp³-hybridized carbons (Fsp3) is 0.269. The fourth-order valence-electron chi connectivity index (χ4n) is 4.43. The van der Waals surface area contributed by atoms with Crippen LogP contribution in [0.2, 0.25) is 5.02 Å². The highest BCUT2D eigenvalue weighted by Crippen LogP contribution is 2.36. The highest BCUT2D eigenvalue weighted by molar-refractivity contribution is 7.92. The minimum atomic E-state index is -3.13. The summed E-state index contributed by atoms with van der Waals surface area (Å²) < 4.78 is 23.8. The van der Waals surface area contributed by atoms with Gasteiger partial charge in [0, 0.05) is 36.0 Å². The zero-order valence-electron chi connectivity index (χ0n) is 19.1. The number of carboxylic acid groups (broad SMARTS) is 1. The molecule has 0 bridgehead atoms. The molecule has 182 valence electrons. The van der Waals surface area contributed by atoms with Gasteiger partial charge >= 0.3 is 5.97 Å². The normalized spacial score (nSPS) is 15.7. The second-order valence-electron chi connectivity index (χ2n) is 8.80. The summed E-state index contributed by atoms with van der Waals surface area (Å²) in [6.07, 6.45) is 3.60. The van der Waals surface area contributed by atoms with Crippen LogP contribution in [-0.2, 0) is 25.8 Å². The highest BCUT2D eigenvalue weighted by Gasteiger charge is 2.42. The molecule has 4 rings (SSSR count). The minimum Gasteiger partial charge on any atom is -0.481 e. The summed E-state index contributed by atoms with van der Waals surface area (Å²) in [5, 5.41) is 12.5. The smallest absolute Gasteiger partial charge is 0.303 e. The maximum Gasteiger partial charge on any atom is 0.303 e. The quantitative estimate of drug-likeness (QED) is 0.459. The first-order chi connectivity index (χ1) is 16.6. The number of carbonyl (C=O) groups excluding carboxylic acids is 1. The van der Waals surface area contributed by atoms with Gasteiger partial charge < -0.3 is 10.4 Å². The Balaban J connectivity index is 1.60.